The van der Waals surface area contributed by atoms with E-state index in [1.807, 2.05) is 4.90 Å². The van der Waals surface area contributed by atoms with Gasteiger partial charge in [0.05, 0.1) is 18.6 Å². The quantitative estimate of drug-likeness (QED) is 0.792. The van der Waals surface area contributed by atoms with Gasteiger partial charge in [0.15, 0.2) is 0 Å². The number of hydrogen-bond acceptors (Lipinski definition) is 3. The van der Waals surface area contributed by atoms with Crippen molar-refractivity contribution < 1.29 is 14.7 Å². The zero-order chi connectivity index (χ0) is 13.4. The van der Waals surface area contributed by atoms with E-state index < -0.39 is 0 Å². The van der Waals surface area contributed by atoms with E-state index in [0.29, 0.717) is 18.9 Å². The number of likely N-dealkylation sites (tertiary alicyclic amines) is 2. The van der Waals surface area contributed by atoms with E-state index in [0.717, 1.165) is 25.9 Å². The summed E-state index contributed by atoms with van der Waals surface area (Å²) in [4.78, 5) is 28.0. The molecule has 106 valence electrons. The lowest BCUT2D eigenvalue weighted by Crippen LogP contribution is -2.42. The second-order valence-electron chi connectivity index (χ2n) is 6.15. The maximum absolute atomic E-state index is 12.4. The number of hydrogen-bond donors (Lipinski definition) is 1. The minimum atomic E-state index is -0.182. The van der Waals surface area contributed by atoms with Crippen LogP contribution >= 0.6 is 0 Å². The summed E-state index contributed by atoms with van der Waals surface area (Å²) in [7, 11) is 0. The van der Waals surface area contributed by atoms with Crippen LogP contribution in [0.2, 0.25) is 0 Å². The third-order valence-corrected chi connectivity index (χ3v) is 4.61. The summed E-state index contributed by atoms with van der Waals surface area (Å²) in [5.74, 6) is 0.696. The molecule has 0 bridgehead atoms. The fraction of sp³-hybridized carbons (Fsp3) is 0.857. The van der Waals surface area contributed by atoms with E-state index in [-0.39, 0.29) is 30.4 Å². The Hall–Kier alpha value is -1.10. The summed E-state index contributed by atoms with van der Waals surface area (Å²) in [6.45, 7) is 2.20. The van der Waals surface area contributed by atoms with E-state index in [4.69, 9.17) is 0 Å². The molecule has 2 heterocycles. The first-order valence-electron chi connectivity index (χ1n) is 7.38. The molecule has 2 aliphatic heterocycles. The molecule has 1 aliphatic carbocycles. The summed E-state index contributed by atoms with van der Waals surface area (Å²) in [5.41, 5.74) is 0. The van der Waals surface area contributed by atoms with Crippen molar-refractivity contribution in [1.29, 1.82) is 0 Å². The lowest BCUT2D eigenvalue weighted by atomic mass is 10.1. The van der Waals surface area contributed by atoms with Gasteiger partial charge in [-0.05, 0) is 31.6 Å². The van der Waals surface area contributed by atoms with Gasteiger partial charge in [0.25, 0.3) is 0 Å². The molecule has 5 heteroatoms. The summed E-state index contributed by atoms with van der Waals surface area (Å²) in [5, 5.41) is 9.29. The zero-order valence-electron chi connectivity index (χ0n) is 11.3. The molecule has 0 radical (unpaired) electrons. The second kappa shape index (κ2) is 5.12. The molecule has 2 atom stereocenters. The molecule has 2 amide bonds. The molecule has 5 nitrogen and oxygen atoms in total. The van der Waals surface area contributed by atoms with E-state index in [1.54, 1.807) is 4.90 Å². The monoisotopic (exact) mass is 266 g/mol. The highest BCUT2D eigenvalue weighted by Crippen LogP contribution is 2.32. The van der Waals surface area contributed by atoms with Gasteiger partial charge in [0.1, 0.15) is 0 Å². The third kappa shape index (κ3) is 2.61. The molecule has 1 N–H and O–H groups in total. The topological polar surface area (TPSA) is 60.9 Å². The first kappa shape index (κ1) is 12.9. The number of rotatable bonds is 4. The summed E-state index contributed by atoms with van der Waals surface area (Å²) < 4.78 is 0. The largest absolute Gasteiger partial charge is 0.394 e. The van der Waals surface area contributed by atoms with Crippen LogP contribution in [0.5, 0.6) is 0 Å². The first-order valence-corrected chi connectivity index (χ1v) is 7.38. The second-order valence-corrected chi connectivity index (χ2v) is 6.15. The molecule has 0 spiro atoms. The molecule has 19 heavy (non-hydrogen) atoms. The minimum absolute atomic E-state index is 0.0277. The predicted octanol–water partition coefficient (Wildman–Crippen LogP) is 0.228. The Balaban J connectivity index is 1.59. The molecular weight excluding hydrogens is 244 g/mol. The molecule has 2 saturated heterocycles. The van der Waals surface area contributed by atoms with Crippen molar-refractivity contribution in [2.24, 2.45) is 11.8 Å². The van der Waals surface area contributed by atoms with Crippen LogP contribution in [-0.2, 0) is 9.59 Å². The molecule has 1 saturated carbocycles. The van der Waals surface area contributed by atoms with Crippen molar-refractivity contribution in [3.8, 4) is 0 Å². The molecule has 0 aromatic carbocycles. The standard InChI is InChI=1S/C14H22N2O3/c17-9-12-2-1-5-16(12)14(19)11-6-13(18)15(8-11)7-10-3-4-10/h10-12,17H,1-9H2. The van der Waals surface area contributed by atoms with Gasteiger partial charge in [-0.25, -0.2) is 0 Å². The van der Waals surface area contributed by atoms with E-state index in [1.165, 1.54) is 12.8 Å². The van der Waals surface area contributed by atoms with Crippen LogP contribution in [0.15, 0.2) is 0 Å². The Morgan fingerprint density at radius 1 is 1.32 bits per heavy atom. The molecule has 2 unspecified atom stereocenters. The molecule has 0 aromatic rings. The highest BCUT2D eigenvalue weighted by molar-refractivity contribution is 5.89. The smallest absolute Gasteiger partial charge is 0.228 e. The summed E-state index contributed by atoms with van der Waals surface area (Å²) in [6.07, 6.45) is 4.65. The van der Waals surface area contributed by atoms with Gasteiger partial charge < -0.3 is 14.9 Å². The van der Waals surface area contributed by atoms with Crippen LogP contribution < -0.4 is 0 Å². The summed E-state index contributed by atoms with van der Waals surface area (Å²) >= 11 is 0. The average Bonchev–Trinajstić information content (AvgIpc) is 2.97. The molecule has 3 fully saturated rings. The fourth-order valence-electron chi connectivity index (χ4n) is 3.28. The van der Waals surface area contributed by atoms with Gasteiger partial charge in [-0.2, -0.15) is 0 Å². The fourth-order valence-corrected chi connectivity index (χ4v) is 3.28. The average molecular weight is 266 g/mol. The Morgan fingerprint density at radius 3 is 2.79 bits per heavy atom. The number of carbonyl (C=O) groups is 2. The Bertz CT molecular complexity index is 381. The Morgan fingerprint density at radius 2 is 2.11 bits per heavy atom. The van der Waals surface area contributed by atoms with Gasteiger partial charge in [-0.1, -0.05) is 0 Å². The van der Waals surface area contributed by atoms with Gasteiger partial charge in [0, 0.05) is 26.1 Å². The Labute approximate surface area is 113 Å². The number of nitrogens with zero attached hydrogens (tertiary/aromatic N) is 2. The molecular formula is C14H22N2O3. The number of aliphatic hydroxyl groups excluding tert-OH is 1. The van der Waals surface area contributed by atoms with Crippen molar-refractivity contribution in [1.82, 2.24) is 9.80 Å². The van der Waals surface area contributed by atoms with Crippen molar-refractivity contribution in [3.63, 3.8) is 0 Å². The van der Waals surface area contributed by atoms with Gasteiger partial charge in [-0.15, -0.1) is 0 Å². The predicted molar refractivity (Wildman–Crippen MR) is 69.2 cm³/mol. The van der Waals surface area contributed by atoms with Gasteiger partial charge in [-0.3, -0.25) is 9.59 Å². The van der Waals surface area contributed by atoms with Gasteiger partial charge in [0.2, 0.25) is 11.8 Å². The van der Waals surface area contributed by atoms with E-state index in [9.17, 15) is 14.7 Å². The van der Waals surface area contributed by atoms with Crippen LogP contribution in [0.25, 0.3) is 0 Å². The SMILES string of the molecule is O=C1CC(C(=O)N2CCCC2CO)CN1CC1CC1. The highest BCUT2D eigenvalue weighted by Gasteiger charge is 2.40. The lowest BCUT2D eigenvalue weighted by Gasteiger charge is -2.26. The molecule has 3 rings (SSSR count). The van der Waals surface area contributed by atoms with Crippen LogP contribution in [0.4, 0.5) is 0 Å². The zero-order valence-corrected chi connectivity index (χ0v) is 11.3. The number of aliphatic hydroxyl groups is 1. The van der Waals surface area contributed by atoms with E-state index >= 15 is 0 Å². The van der Waals surface area contributed by atoms with Crippen molar-refractivity contribution in [2.45, 2.75) is 38.1 Å². The Kier molecular flexibility index (Phi) is 3.48. The maximum atomic E-state index is 12.4. The molecule has 3 aliphatic rings. The van der Waals surface area contributed by atoms with Crippen molar-refractivity contribution in [2.75, 3.05) is 26.2 Å². The first-order chi connectivity index (χ1) is 9.19. The van der Waals surface area contributed by atoms with Crippen LogP contribution in [-0.4, -0.2) is 59.0 Å². The third-order valence-electron chi connectivity index (χ3n) is 4.61. The van der Waals surface area contributed by atoms with Crippen LogP contribution in [0.1, 0.15) is 32.1 Å². The normalized spacial score (nSPS) is 31.3. The van der Waals surface area contributed by atoms with E-state index in [2.05, 4.69) is 0 Å². The summed E-state index contributed by atoms with van der Waals surface area (Å²) in [6, 6.07) is -0.0277. The van der Waals surface area contributed by atoms with Crippen LogP contribution in [0.3, 0.4) is 0 Å². The molecule has 0 aromatic heterocycles. The van der Waals surface area contributed by atoms with Crippen molar-refractivity contribution >= 4 is 11.8 Å². The van der Waals surface area contributed by atoms with Crippen LogP contribution in [0, 0.1) is 11.8 Å². The maximum Gasteiger partial charge on any atom is 0.228 e. The number of amides is 2. The lowest BCUT2D eigenvalue weighted by molar-refractivity contribution is -0.137. The number of carbonyl (C=O) groups excluding carboxylic acids is 2. The van der Waals surface area contributed by atoms with Crippen molar-refractivity contribution in [3.05, 3.63) is 0 Å². The minimum Gasteiger partial charge on any atom is -0.394 e. The van der Waals surface area contributed by atoms with Gasteiger partial charge >= 0.3 is 0 Å². The highest BCUT2D eigenvalue weighted by atomic mass is 16.3.